The van der Waals surface area contributed by atoms with Crippen molar-refractivity contribution < 1.29 is 22.8 Å². The predicted octanol–water partition coefficient (Wildman–Crippen LogP) is 4.62. The third kappa shape index (κ3) is 6.00. The number of carbonyl (C=O) groups is 2. The lowest BCUT2D eigenvalue weighted by atomic mass is 10.0. The second-order valence-electron chi connectivity index (χ2n) is 7.95. The average Bonchev–Trinajstić information content (AvgIpc) is 3.03. The van der Waals surface area contributed by atoms with Gasteiger partial charge >= 0.3 is 6.30 Å². The van der Waals surface area contributed by atoms with Crippen molar-refractivity contribution in [3.05, 3.63) is 65.4 Å². The van der Waals surface area contributed by atoms with E-state index in [9.17, 15) is 22.8 Å². The van der Waals surface area contributed by atoms with Gasteiger partial charge in [-0.05, 0) is 65.8 Å². The van der Waals surface area contributed by atoms with Crippen LogP contribution in [0.5, 0.6) is 0 Å². The molecule has 0 radical (unpaired) electrons. The first-order valence-electron chi connectivity index (χ1n) is 10.7. The molecule has 2 N–H and O–H groups in total. The maximum atomic E-state index is 12.7. The van der Waals surface area contributed by atoms with Crippen molar-refractivity contribution in [3.8, 4) is 0 Å². The topological polar surface area (TPSA) is 74.3 Å². The standard InChI is InChI=1S/C24H23F3N4O2/c25-24(26,27)30-20-5-1-3-18(14-20)17-4-2-11-31(12-10-17)22(33)9-6-16-13-19-7-8-21(32)29-23(19)28-15-16/h1,3-6,9,13-15,30H,2,7-8,10-12H2,(H,28,29,32)/b9-6+. The van der Waals surface area contributed by atoms with Crippen LogP contribution in [0.2, 0.25) is 0 Å². The van der Waals surface area contributed by atoms with Gasteiger partial charge in [-0.15, -0.1) is 0 Å². The molecule has 0 fully saturated rings. The van der Waals surface area contributed by atoms with E-state index < -0.39 is 6.30 Å². The van der Waals surface area contributed by atoms with E-state index in [1.54, 1.807) is 29.3 Å². The van der Waals surface area contributed by atoms with E-state index >= 15 is 0 Å². The van der Waals surface area contributed by atoms with Crippen LogP contribution in [0, 0.1) is 0 Å². The van der Waals surface area contributed by atoms with E-state index in [4.69, 9.17) is 0 Å². The smallest absolute Gasteiger partial charge is 0.339 e. The number of anilines is 2. The van der Waals surface area contributed by atoms with Crippen LogP contribution in [0.25, 0.3) is 11.6 Å². The highest BCUT2D eigenvalue weighted by molar-refractivity contribution is 5.94. The Morgan fingerprint density at radius 3 is 2.82 bits per heavy atom. The molecule has 0 unspecified atom stereocenters. The highest BCUT2D eigenvalue weighted by Gasteiger charge is 2.27. The zero-order chi connectivity index (χ0) is 23.4. The number of alkyl halides is 3. The van der Waals surface area contributed by atoms with Gasteiger partial charge in [-0.1, -0.05) is 18.2 Å². The van der Waals surface area contributed by atoms with Crippen molar-refractivity contribution in [1.29, 1.82) is 0 Å². The fourth-order valence-electron chi connectivity index (χ4n) is 3.95. The Labute approximate surface area is 189 Å². The highest BCUT2D eigenvalue weighted by Crippen LogP contribution is 2.27. The van der Waals surface area contributed by atoms with Crippen molar-refractivity contribution in [1.82, 2.24) is 9.88 Å². The van der Waals surface area contributed by atoms with Crippen molar-refractivity contribution in [3.63, 3.8) is 0 Å². The normalized spacial score (nSPS) is 16.6. The summed E-state index contributed by atoms with van der Waals surface area (Å²) in [4.78, 5) is 30.1. The molecule has 2 amide bonds. The number of halogens is 3. The minimum Gasteiger partial charge on any atom is -0.339 e. The molecular weight excluding hydrogens is 433 g/mol. The number of aryl methyl sites for hydroxylation is 1. The van der Waals surface area contributed by atoms with Crippen LogP contribution in [0.1, 0.15) is 36.0 Å². The minimum atomic E-state index is -4.49. The van der Waals surface area contributed by atoms with E-state index in [0.29, 0.717) is 50.2 Å². The van der Waals surface area contributed by atoms with Crippen molar-refractivity contribution >= 4 is 35.0 Å². The molecule has 2 aliphatic heterocycles. The van der Waals surface area contributed by atoms with E-state index in [-0.39, 0.29) is 17.5 Å². The monoisotopic (exact) mass is 456 g/mol. The molecule has 0 aliphatic carbocycles. The first-order valence-corrected chi connectivity index (χ1v) is 10.7. The first-order chi connectivity index (χ1) is 15.8. The molecule has 1 aromatic heterocycles. The third-order valence-corrected chi connectivity index (χ3v) is 5.56. The number of carbonyl (C=O) groups excluding carboxylic acids is 2. The summed E-state index contributed by atoms with van der Waals surface area (Å²) in [6.07, 6.45) is 4.50. The molecule has 0 bridgehead atoms. The van der Waals surface area contributed by atoms with Crippen molar-refractivity contribution in [2.75, 3.05) is 23.7 Å². The molecule has 172 valence electrons. The fraction of sp³-hybridized carbons (Fsp3) is 0.292. The quantitative estimate of drug-likeness (QED) is 0.520. The molecule has 2 aromatic rings. The van der Waals surface area contributed by atoms with E-state index in [2.05, 4.69) is 10.3 Å². The van der Waals surface area contributed by atoms with Crippen molar-refractivity contribution in [2.45, 2.75) is 32.0 Å². The predicted molar refractivity (Wildman–Crippen MR) is 120 cm³/mol. The van der Waals surface area contributed by atoms with E-state index in [1.165, 1.54) is 23.5 Å². The van der Waals surface area contributed by atoms with Gasteiger partial charge in [0.15, 0.2) is 0 Å². The van der Waals surface area contributed by atoms with E-state index in [0.717, 1.165) is 16.7 Å². The van der Waals surface area contributed by atoms with Gasteiger partial charge < -0.3 is 10.2 Å². The maximum Gasteiger partial charge on any atom is 0.482 e. The number of hydrogen-bond acceptors (Lipinski definition) is 4. The van der Waals surface area contributed by atoms with Gasteiger partial charge in [-0.3, -0.25) is 14.9 Å². The van der Waals surface area contributed by atoms with Gasteiger partial charge in [0.25, 0.3) is 0 Å². The number of fused-ring (bicyclic) bond motifs is 1. The zero-order valence-electron chi connectivity index (χ0n) is 17.8. The number of nitrogens with zero attached hydrogens (tertiary/aromatic N) is 2. The number of amides is 2. The van der Waals surface area contributed by atoms with Gasteiger partial charge in [0, 0.05) is 37.5 Å². The van der Waals surface area contributed by atoms with Gasteiger partial charge in [0.05, 0.1) is 0 Å². The Morgan fingerprint density at radius 1 is 1.15 bits per heavy atom. The Hall–Kier alpha value is -3.62. The lowest BCUT2D eigenvalue weighted by molar-refractivity contribution is -0.125. The molecular formula is C24H23F3N4O2. The average molecular weight is 456 g/mol. The van der Waals surface area contributed by atoms with Gasteiger partial charge in [0.1, 0.15) is 5.82 Å². The first kappa shape index (κ1) is 22.6. The third-order valence-electron chi connectivity index (χ3n) is 5.56. The molecule has 4 rings (SSSR count). The number of hydrogen-bond donors (Lipinski definition) is 2. The summed E-state index contributed by atoms with van der Waals surface area (Å²) in [6.45, 7) is 1.00. The van der Waals surface area contributed by atoms with Crippen LogP contribution in [0.3, 0.4) is 0 Å². The van der Waals surface area contributed by atoms with Gasteiger partial charge in [-0.2, -0.15) is 13.2 Å². The largest absolute Gasteiger partial charge is 0.482 e. The summed E-state index contributed by atoms with van der Waals surface area (Å²) in [5, 5.41) is 4.26. The van der Waals surface area contributed by atoms with Crippen LogP contribution < -0.4 is 10.6 Å². The Balaban J connectivity index is 1.37. The highest BCUT2D eigenvalue weighted by atomic mass is 19.4. The van der Waals surface area contributed by atoms with Crippen LogP contribution in [-0.4, -0.2) is 41.1 Å². The molecule has 0 saturated heterocycles. The minimum absolute atomic E-state index is 0.0146. The van der Waals surface area contributed by atoms with Crippen molar-refractivity contribution in [2.24, 2.45) is 0 Å². The lowest BCUT2D eigenvalue weighted by Crippen LogP contribution is -2.30. The number of rotatable bonds is 4. The maximum absolute atomic E-state index is 12.7. The van der Waals surface area contributed by atoms with Crippen LogP contribution >= 0.6 is 0 Å². The van der Waals surface area contributed by atoms with Crippen LogP contribution in [0.4, 0.5) is 24.7 Å². The molecule has 1 aromatic carbocycles. The number of nitrogens with one attached hydrogen (secondary N) is 2. The summed E-state index contributed by atoms with van der Waals surface area (Å²) in [5.74, 6) is 0.379. The molecule has 0 atom stereocenters. The molecule has 0 spiro atoms. The fourth-order valence-corrected chi connectivity index (χ4v) is 3.95. The molecule has 2 aliphatic rings. The molecule has 9 heteroatoms. The number of aromatic nitrogens is 1. The Morgan fingerprint density at radius 2 is 2.00 bits per heavy atom. The Kier molecular flexibility index (Phi) is 6.48. The second kappa shape index (κ2) is 9.48. The second-order valence-corrected chi connectivity index (χ2v) is 7.95. The van der Waals surface area contributed by atoms with Crippen LogP contribution in [0.15, 0.2) is 48.7 Å². The van der Waals surface area contributed by atoms with E-state index in [1.807, 2.05) is 12.1 Å². The van der Waals surface area contributed by atoms with Crippen LogP contribution in [-0.2, 0) is 16.0 Å². The summed E-state index contributed by atoms with van der Waals surface area (Å²) in [7, 11) is 0. The molecule has 33 heavy (non-hydrogen) atoms. The molecule has 0 saturated carbocycles. The summed E-state index contributed by atoms with van der Waals surface area (Å²) >= 11 is 0. The molecule has 3 heterocycles. The summed E-state index contributed by atoms with van der Waals surface area (Å²) in [6, 6.07) is 8.12. The summed E-state index contributed by atoms with van der Waals surface area (Å²) < 4.78 is 37.9. The lowest BCUT2D eigenvalue weighted by Gasteiger charge is -2.19. The Bertz CT molecular complexity index is 1120. The van der Waals surface area contributed by atoms with Gasteiger partial charge in [0.2, 0.25) is 11.8 Å². The SMILES string of the molecule is O=C1CCc2cc(/C=C/C(=O)N3CCC=C(c4cccc(NC(F)(F)F)c4)CC3)cnc2N1. The number of benzene rings is 1. The summed E-state index contributed by atoms with van der Waals surface area (Å²) in [5.41, 5.74) is 3.33. The molecule has 6 nitrogen and oxygen atoms in total. The zero-order valence-corrected chi connectivity index (χ0v) is 17.8. The van der Waals surface area contributed by atoms with Gasteiger partial charge in [-0.25, -0.2) is 4.98 Å². The number of pyridine rings is 1.